The van der Waals surface area contributed by atoms with Crippen LogP contribution in [0.3, 0.4) is 0 Å². The fourth-order valence-corrected chi connectivity index (χ4v) is 3.09. The molecule has 1 amide bonds. The summed E-state index contributed by atoms with van der Waals surface area (Å²) in [6.45, 7) is 0.609. The van der Waals surface area contributed by atoms with Gasteiger partial charge >= 0.3 is 0 Å². The summed E-state index contributed by atoms with van der Waals surface area (Å²) < 4.78 is 16.7. The van der Waals surface area contributed by atoms with Crippen molar-refractivity contribution < 1.29 is 18.4 Å². The molecule has 0 N–H and O–H groups in total. The maximum Gasteiger partial charge on any atom is 0.261 e. The van der Waals surface area contributed by atoms with Crippen LogP contribution in [0.4, 0.5) is 0 Å². The van der Waals surface area contributed by atoms with Gasteiger partial charge in [-0.15, -0.1) is 0 Å². The normalized spacial score (nSPS) is 10.6. The van der Waals surface area contributed by atoms with Crippen molar-refractivity contribution in [1.29, 1.82) is 0 Å². The first-order valence-corrected chi connectivity index (χ1v) is 9.39. The number of carbonyl (C=O) groups is 1. The van der Waals surface area contributed by atoms with Crippen LogP contribution < -0.4 is 4.74 Å². The molecular formula is C24H21NO4. The monoisotopic (exact) mass is 387 g/mol. The van der Waals surface area contributed by atoms with Gasteiger partial charge in [-0.2, -0.15) is 0 Å². The van der Waals surface area contributed by atoms with Crippen LogP contribution in [-0.2, 0) is 17.9 Å². The van der Waals surface area contributed by atoms with E-state index in [1.807, 2.05) is 66.7 Å². The van der Waals surface area contributed by atoms with Crippen LogP contribution in [0.2, 0.25) is 0 Å². The van der Waals surface area contributed by atoms with Gasteiger partial charge < -0.3 is 18.5 Å². The molecule has 146 valence electrons. The molecular weight excluding hydrogens is 366 g/mol. The predicted octanol–water partition coefficient (Wildman–Crippen LogP) is 5.15. The number of furan rings is 2. The molecule has 0 saturated carbocycles. The van der Waals surface area contributed by atoms with Crippen LogP contribution in [0.1, 0.15) is 11.5 Å². The highest BCUT2D eigenvalue weighted by Crippen LogP contribution is 2.29. The van der Waals surface area contributed by atoms with E-state index in [9.17, 15) is 4.79 Å². The molecule has 2 aromatic carbocycles. The highest BCUT2D eigenvalue weighted by molar-refractivity contribution is 5.78. The first kappa shape index (κ1) is 18.6. The Labute approximate surface area is 169 Å². The van der Waals surface area contributed by atoms with E-state index in [4.69, 9.17) is 13.6 Å². The number of carbonyl (C=O) groups excluding carboxylic acids is 1. The summed E-state index contributed by atoms with van der Waals surface area (Å²) >= 11 is 0. The van der Waals surface area contributed by atoms with Crippen LogP contribution in [0.25, 0.3) is 11.1 Å². The lowest BCUT2D eigenvalue weighted by Gasteiger charge is -2.21. The molecule has 2 heterocycles. The van der Waals surface area contributed by atoms with Gasteiger partial charge in [0.25, 0.3) is 5.91 Å². The van der Waals surface area contributed by atoms with Gasteiger partial charge in [-0.1, -0.05) is 48.5 Å². The molecule has 29 heavy (non-hydrogen) atoms. The smallest absolute Gasteiger partial charge is 0.261 e. The highest BCUT2D eigenvalue weighted by Gasteiger charge is 2.18. The van der Waals surface area contributed by atoms with Crippen molar-refractivity contribution >= 4 is 5.91 Å². The van der Waals surface area contributed by atoms with Crippen LogP contribution in [0, 0.1) is 0 Å². The van der Waals surface area contributed by atoms with Crippen molar-refractivity contribution in [2.24, 2.45) is 0 Å². The van der Waals surface area contributed by atoms with Gasteiger partial charge in [-0.05, 0) is 35.9 Å². The first-order valence-electron chi connectivity index (χ1n) is 9.39. The fourth-order valence-electron chi connectivity index (χ4n) is 3.09. The second-order valence-corrected chi connectivity index (χ2v) is 6.56. The summed E-state index contributed by atoms with van der Waals surface area (Å²) in [6, 6.07) is 25.0. The lowest BCUT2D eigenvalue weighted by Crippen LogP contribution is -2.34. The van der Waals surface area contributed by atoms with Gasteiger partial charge in [0, 0.05) is 5.56 Å². The van der Waals surface area contributed by atoms with Crippen molar-refractivity contribution in [1.82, 2.24) is 4.90 Å². The average molecular weight is 387 g/mol. The lowest BCUT2D eigenvalue weighted by molar-refractivity contribution is -0.135. The van der Waals surface area contributed by atoms with Crippen molar-refractivity contribution in [3.05, 3.63) is 103 Å². The zero-order valence-corrected chi connectivity index (χ0v) is 15.9. The zero-order chi connectivity index (χ0) is 19.9. The Kier molecular flexibility index (Phi) is 5.76. The van der Waals surface area contributed by atoms with Gasteiger partial charge in [0.2, 0.25) is 0 Å². The fraction of sp³-hybridized carbons (Fsp3) is 0.125. The molecule has 0 fully saturated rings. The lowest BCUT2D eigenvalue weighted by atomic mass is 10.1. The summed E-state index contributed by atoms with van der Waals surface area (Å²) in [6.07, 6.45) is 3.19. The van der Waals surface area contributed by atoms with E-state index in [0.717, 1.165) is 11.1 Å². The molecule has 0 aliphatic rings. The minimum absolute atomic E-state index is 0.0781. The van der Waals surface area contributed by atoms with E-state index >= 15 is 0 Å². The number of rotatable bonds is 8. The van der Waals surface area contributed by atoms with Gasteiger partial charge in [0.15, 0.2) is 6.61 Å². The van der Waals surface area contributed by atoms with E-state index in [-0.39, 0.29) is 12.5 Å². The zero-order valence-electron chi connectivity index (χ0n) is 15.9. The molecule has 0 atom stereocenters. The average Bonchev–Trinajstić information content (AvgIpc) is 3.47. The molecule has 0 saturated heterocycles. The van der Waals surface area contributed by atoms with E-state index in [1.165, 1.54) is 0 Å². The quantitative estimate of drug-likeness (QED) is 0.420. The third-order valence-electron chi connectivity index (χ3n) is 4.53. The van der Waals surface area contributed by atoms with E-state index in [0.29, 0.717) is 30.4 Å². The minimum Gasteiger partial charge on any atom is -0.483 e. The van der Waals surface area contributed by atoms with Crippen LogP contribution in [0.5, 0.6) is 5.75 Å². The molecule has 0 spiro atoms. The number of ether oxygens (including phenoxy) is 1. The molecule has 0 unspecified atom stereocenters. The molecule has 5 heteroatoms. The summed E-state index contributed by atoms with van der Waals surface area (Å²) in [5.74, 6) is 1.92. The summed E-state index contributed by atoms with van der Waals surface area (Å²) in [7, 11) is 0. The summed E-state index contributed by atoms with van der Waals surface area (Å²) in [5.41, 5.74) is 1.99. The third-order valence-corrected chi connectivity index (χ3v) is 4.53. The predicted molar refractivity (Wildman–Crippen MR) is 109 cm³/mol. The number of hydrogen-bond donors (Lipinski definition) is 0. The van der Waals surface area contributed by atoms with E-state index in [2.05, 4.69) is 0 Å². The Balaban J connectivity index is 1.48. The molecule has 2 aromatic heterocycles. The van der Waals surface area contributed by atoms with Gasteiger partial charge in [-0.25, -0.2) is 0 Å². The molecule has 5 nitrogen and oxygen atoms in total. The minimum atomic E-state index is -0.152. The van der Waals surface area contributed by atoms with Crippen molar-refractivity contribution in [3.8, 4) is 16.9 Å². The Hall–Kier alpha value is -3.73. The Morgan fingerprint density at radius 2 is 1.38 bits per heavy atom. The topological polar surface area (TPSA) is 55.8 Å². The second kappa shape index (κ2) is 8.97. The first-order chi connectivity index (χ1) is 14.3. The maximum atomic E-state index is 12.9. The molecule has 0 aliphatic carbocycles. The summed E-state index contributed by atoms with van der Waals surface area (Å²) in [5, 5.41) is 0. The third kappa shape index (κ3) is 4.76. The molecule has 0 aliphatic heterocycles. The Morgan fingerprint density at radius 1 is 0.759 bits per heavy atom. The second-order valence-electron chi connectivity index (χ2n) is 6.56. The van der Waals surface area contributed by atoms with E-state index in [1.54, 1.807) is 29.6 Å². The Morgan fingerprint density at radius 3 is 2.00 bits per heavy atom. The number of benzene rings is 2. The molecule has 4 aromatic rings. The summed E-state index contributed by atoms with van der Waals surface area (Å²) in [4.78, 5) is 14.6. The Bertz CT molecular complexity index is 988. The van der Waals surface area contributed by atoms with Gasteiger partial charge in [0.1, 0.15) is 17.3 Å². The number of amides is 1. The highest BCUT2D eigenvalue weighted by atomic mass is 16.5. The van der Waals surface area contributed by atoms with Crippen molar-refractivity contribution in [3.63, 3.8) is 0 Å². The molecule has 0 radical (unpaired) electrons. The molecule has 4 rings (SSSR count). The number of para-hydroxylation sites is 1. The van der Waals surface area contributed by atoms with Crippen molar-refractivity contribution in [2.45, 2.75) is 13.1 Å². The standard InChI is InChI=1S/C24H21NO4/c26-24(25(16-20-10-6-14-27-20)17-21-11-7-15-28-21)18-29-23-13-5-4-12-22(23)19-8-2-1-3-9-19/h1-15H,16-18H2. The van der Waals surface area contributed by atoms with E-state index < -0.39 is 0 Å². The number of nitrogens with zero attached hydrogens (tertiary/aromatic N) is 1. The SMILES string of the molecule is O=C(COc1ccccc1-c1ccccc1)N(Cc1ccco1)Cc1ccco1. The van der Waals surface area contributed by atoms with Gasteiger partial charge in [-0.3, -0.25) is 4.79 Å². The van der Waals surface area contributed by atoms with Crippen LogP contribution in [-0.4, -0.2) is 17.4 Å². The maximum absolute atomic E-state index is 12.9. The largest absolute Gasteiger partial charge is 0.483 e. The van der Waals surface area contributed by atoms with Crippen LogP contribution in [0.15, 0.2) is 100 Å². The number of hydrogen-bond acceptors (Lipinski definition) is 4. The van der Waals surface area contributed by atoms with Crippen LogP contribution >= 0.6 is 0 Å². The van der Waals surface area contributed by atoms with Crippen molar-refractivity contribution in [2.75, 3.05) is 6.61 Å². The molecule has 0 bridgehead atoms. The van der Waals surface area contributed by atoms with Gasteiger partial charge in [0.05, 0.1) is 25.6 Å².